The molecule has 3 nitrogen and oxygen atoms in total. The summed E-state index contributed by atoms with van der Waals surface area (Å²) in [7, 11) is 2.21. The topological polar surface area (TPSA) is 15.7 Å². The Labute approximate surface area is 123 Å². The summed E-state index contributed by atoms with van der Waals surface area (Å²) >= 11 is 0. The van der Waals surface area contributed by atoms with Crippen LogP contribution in [0, 0.1) is 0 Å². The lowest BCUT2D eigenvalue weighted by molar-refractivity contribution is 0.153. The van der Waals surface area contributed by atoms with Gasteiger partial charge in [-0.1, -0.05) is 12.1 Å². The van der Waals surface area contributed by atoms with Gasteiger partial charge in [0.15, 0.2) is 0 Å². The first-order valence-corrected chi connectivity index (χ1v) is 7.80. The maximum atomic E-state index is 5.75. The van der Waals surface area contributed by atoms with Gasteiger partial charge in [0.05, 0.1) is 6.10 Å². The Kier molecular flexibility index (Phi) is 5.86. The highest BCUT2D eigenvalue weighted by Crippen LogP contribution is 2.16. The summed E-state index contributed by atoms with van der Waals surface area (Å²) in [5.74, 6) is 0.997. The second-order valence-corrected chi connectivity index (χ2v) is 6.06. The molecular formula is C17H28N2O. The van der Waals surface area contributed by atoms with E-state index in [1.54, 1.807) is 0 Å². The zero-order valence-corrected chi connectivity index (χ0v) is 13.1. The minimum Gasteiger partial charge on any atom is -0.491 e. The number of rotatable bonds is 6. The van der Waals surface area contributed by atoms with E-state index in [4.69, 9.17) is 4.74 Å². The highest BCUT2D eigenvalue weighted by molar-refractivity contribution is 5.28. The lowest BCUT2D eigenvalue weighted by Crippen LogP contribution is -2.44. The van der Waals surface area contributed by atoms with Crippen molar-refractivity contribution >= 4 is 0 Å². The van der Waals surface area contributed by atoms with E-state index in [1.807, 2.05) is 6.07 Å². The maximum Gasteiger partial charge on any atom is 0.119 e. The molecule has 0 atom stereocenters. The van der Waals surface area contributed by atoms with Crippen molar-refractivity contribution in [3.8, 4) is 5.75 Å². The molecule has 0 amide bonds. The van der Waals surface area contributed by atoms with Crippen LogP contribution in [0.1, 0.15) is 25.8 Å². The number of ether oxygens (including phenoxy) is 1. The molecule has 0 saturated carbocycles. The van der Waals surface area contributed by atoms with E-state index < -0.39 is 0 Å². The Morgan fingerprint density at radius 2 is 1.90 bits per heavy atom. The SMILES string of the molecule is CC(C)Oc1cccc(CCCN2CCN(C)CC2)c1. The summed E-state index contributed by atoms with van der Waals surface area (Å²) in [5.41, 5.74) is 1.39. The second-order valence-electron chi connectivity index (χ2n) is 6.06. The molecule has 0 aliphatic carbocycles. The summed E-state index contributed by atoms with van der Waals surface area (Å²) in [6.45, 7) is 10.2. The van der Waals surface area contributed by atoms with Crippen LogP contribution >= 0.6 is 0 Å². The fourth-order valence-electron chi connectivity index (χ4n) is 2.62. The number of likely N-dealkylation sites (N-methyl/N-ethyl adjacent to an activating group) is 1. The number of hydrogen-bond acceptors (Lipinski definition) is 3. The van der Waals surface area contributed by atoms with Gasteiger partial charge < -0.3 is 14.5 Å². The Balaban J connectivity index is 1.73. The van der Waals surface area contributed by atoms with E-state index >= 15 is 0 Å². The number of benzene rings is 1. The van der Waals surface area contributed by atoms with Gasteiger partial charge in [-0.25, -0.2) is 0 Å². The molecule has 0 aromatic heterocycles. The van der Waals surface area contributed by atoms with E-state index in [0.29, 0.717) is 0 Å². The molecule has 1 heterocycles. The molecular weight excluding hydrogens is 248 g/mol. The quantitative estimate of drug-likeness (QED) is 0.794. The number of piperazine rings is 1. The third-order valence-corrected chi connectivity index (χ3v) is 3.81. The summed E-state index contributed by atoms with van der Waals surface area (Å²) in [5, 5.41) is 0. The minimum absolute atomic E-state index is 0.246. The number of nitrogens with zero attached hydrogens (tertiary/aromatic N) is 2. The minimum atomic E-state index is 0.246. The van der Waals surface area contributed by atoms with Crippen molar-refractivity contribution in [1.82, 2.24) is 9.80 Å². The van der Waals surface area contributed by atoms with Crippen LogP contribution in [0.5, 0.6) is 5.75 Å². The monoisotopic (exact) mass is 276 g/mol. The molecule has 1 aromatic rings. The van der Waals surface area contributed by atoms with Crippen molar-refractivity contribution in [2.45, 2.75) is 32.8 Å². The van der Waals surface area contributed by atoms with E-state index in [1.165, 1.54) is 44.7 Å². The molecule has 0 radical (unpaired) electrons. The Bertz CT molecular complexity index is 398. The Morgan fingerprint density at radius 3 is 2.60 bits per heavy atom. The van der Waals surface area contributed by atoms with Crippen molar-refractivity contribution in [3.05, 3.63) is 29.8 Å². The van der Waals surface area contributed by atoms with E-state index in [9.17, 15) is 0 Å². The molecule has 1 aromatic carbocycles. The third kappa shape index (κ3) is 5.14. The summed E-state index contributed by atoms with van der Waals surface area (Å²) in [6, 6.07) is 8.54. The molecule has 20 heavy (non-hydrogen) atoms. The molecule has 0 N–H and O–H groups in total. The van der Waals surface area contributed by atoms with Crippen LogP contribution < -0.4 is 4.74 Å². The van der Waals surface area contributed by atoms with Gasteiger partial charge in [-0.3, -0.25) is 0 Å². The number of hydrogen-bond donors (Lipinski definition) is 0. The molecule has 1 aliphatic rings. The highest BCUT2D eigenvalue weighted by atomic mass is 16.5. The molecule has 1 saturated heterocycles. The van der Waals surface area contributed by atoms with Gasteiger partial charge in [-0.15, -0.1) is 0 Å². The van der Waals surface area contributed by atoms with E-state index in [2.05, 4.69) is 48.9 Å². The van der Waals surface area contributed by atoms with Gasteiger partial charge in [0.1, 0.15) is 5.75 Å². The highest BCUT2D eigenvalue weighted by Gasteiger charge is 2.12. The van der Waals surface area contributed by atoms with E-state index in [-0.39, 0.29) is 6.10 Å². The van der Waals surface area contributed by atoms with Gasteiger partial charge >= 0.3 is 0 Å². The van der Waals surface area contributed by atoms with Crippen LogP contribution in [0.3, 0.4) is 0 Å². The van der Waals surface area contributed by atoms with Gasteiger partial charge in [0.25, 0.3) is 0 Å². The third-order valence-electron chi connectivity index (χ3n) is 3.81. The maximum absolute atomic E-state index is 5.75. The van der Waals surface area contributed by atoms with Crippen molar-refractivity contribution in [2.24, 2.45) is 0 Å². The standard InChI is InChI=1S/C17H28N2O/c1-15(2)20-17-8-4-6-16(14-17)7-5-9-19-12-10-18(3)11-13-19/h4,6,8,14-15H,5,7,9-13H2,1-3H3. The summed E-state index contributed by atoms with van der Waals surface area (Å²) in [6.07, 6.45) is 2.62. The average molecular weight is 276 g/mol. The van der Waals surface area contributed by atoms with Crippen LogP contribution in [-0.4, -0.2) is 55.7 Å². The molecule has 3 heteroatoms. The fourth-order valence-corrected chi connectivity index (χ4v) is 2.62. The molecule has 2 rings (SSSR count). The Morgan fingerprint density at radius 1 is 1.15 bits per heavy atom. The van der Waals surface area contributed by atoms with Crippen molar-refractivity contribution in [3.63, 3.8) is 0 Å². The van der Waals surface area contributed by atoms with Gasteiger partial charge in [-0.2, -0.15) is 0 Å². The van der Waals surface area contributed by atoms with Crippen LogP contribution in [0.25, 0.3) is 0 Å². The normalized spacial score (nSPS) is 17.6. The van der Waals surface area contributed by atoms with Crippen LogP contribution in [0.2, 0.25) is 0 Å². The smallest absolute Gasteiger partial charge is 0.119 e. The first-order valence-electron chi connectivity index (χ1n) is 7.80. The first-order chi connectivity index (χ1) is 9.63. The van der Waals surface area contributed by atoms with Crippen LogP contribution in [0.4, 0.5) is 0 Å². The van der Waals surface area contributed by atoms with E-state index in [0.717, 1.165) is 12.2 Å². The number of aryl methyl sites for hydroxylation is 1. The predicted octanol–water partition coefficient (Wildman–Crippen LogP) is 2.65. The molecule has 0 bridgehead atoms. The zero-order chi connectivity index (χ0) is 14.4. The molecule has 0 spiro atoms. The molecule has 1 aliphatic heterocycles. The van der Waals surface area contributed by atoms with Crippen molar-refractivity contribution in [2.75, 3.05) is 39.8 Å². The summed E-state index contributed by atoms with van der Waals surface area (Å²) in [4.78, 5) is 4.98. The van der Waals surface area contributed by atoms with Gasteiger partial charge in [0.2, 0.25) is 0 Å². The lowest BCUT2D eigenvalue weighted by Gasteiger charge is -2.32. The van der Waals surface area contributed by atoms with Gasteiger partial charge in [-0.05, 0) is 58.0 Å². The second kappa shape index (κ2) is 7.65. The Hall–Kier alpha value is -1.06. The zero-order valence-electron chi connectivity index (χ0n) is 13.1. The predicted molar refractivity (Wildman–Crippen MR) is 84.5 cm³/mol. The van der Waals surface area contributed by atoms with Gasteiger partial charge in [0, 0.05) is 26.2 Å². The van der Waals surface area contributed by atoms with Crippen LogP contribution in [-0.2, 0) is 6.42 Å². The van der Waals surface area contributed by atoms with Crippen LogP contribution in [0.15, 0.2) is 24.3 Å². The average Bonchev–Trinajstić information content (AvgIpc) is 2.41. The fraction of sp³-hybridized carbons (Fsp3) is 0.647. The molecule has 1 fully saturated rings. The lowest BCUT2D eigenvalue weighted by atomic mass is 10.1. The van der Waals surface area contributed by atoms with Crippen molar-refractivity contribution < 1.29 is 4.74 Å². The van der Waals surface area contributed by atoms with Crippen molar-refractivity contribution in [1.29, 1.82) is 0 Å². The molecule has 112 valence electrons. The first kappa shape index (κ1) is 15.3. The summed E-state index contributed by atoms with van der Waals surface area (Å²) < 4.78 is 5.75. The molecule has 0 unspecified atom stereocenters. The largest absolute Gasteiger partial charge is 0.491 e.